The Hall–Kier alpha value is -0.370. The molecule has 0 amide bonds. The second-order valence-corrected chi connectivity index (χ2v) is 3.66. The van der Waals surface area contributed by atoms with E-state index in [0.29, 0.717) is 0 Å². The predicted molar refractivity (Wildman–Crippen MR) is 50.8 cm³/mol. The fourth-order valence-corrected chi connectivity index (χ4v) is 1.39. The molecular formula is C9H14OS. The van der Waals surface area contributed by atoms with Crippen LogP contribution in [0.1, 0.15) is 33.6 Å². The van der Waals surface area contributed by atoms with Crippen LogP contribution in [0.5, 0.6) is 0 Å². The summed E-state index contributed by atoms with van der Waals surface area (Å²) in [5.74, 6) is 0. The second-order valence-electron chi connectivity index (χ2n) is 3.20. The van der Waals surface area contributed by atoms with Gasteiger partial charge in [-0.1, -0.05) is 5.57 Å². The minimum Gasteiger partial charge on any atom is -0.480 e. The highest BCUT2D eigenvalue weighted by Gasteiger charge is 2.21. The molecule has 0 aliphatic carbocycles. The van der Waals surface area contributed by atoms with E-state index in [1.807, 2.05) is 0 Å². The third kappa shape index (κ3) is 2.03. The molecule has 1 saturated heterocycles. The minimum atomic E-state index is 0.271. The summed E-state index contributed by atoms with van der Waals surface area (Å²) in [5.41, 5.74) is 2.68. The van der Waals surface area contributed by atoms with Crippen LogP contribution in [0.15, 0.2) is 11.1 Å². The maximum atomic E-state index is 5.46. The summed E-state index contributed by atoms with van der Waals surface area (Å²) >= 11 is 4.96. The van der Waals surface area contributed by atoms with Crippen molar-refractivity contribution in [3.63, 3.8) is 0 Å². The minimum absolute atomic E-state index is 0.271. The largest absolute Gasteiger partial charge is 0.480 e. The highest BCUT2D eigenvalue weighted by Crippen LogP contribution is 2.23. The number of hydrogen-bond acceptors (Lipinski definition) is 2. The lowest BCUT2D eigenvalue weighted by Gasteiger charge is -2.11. The Kier molecular flexibility index (Phi) is 2.66. The van der Waals surface area contributed by atoms with Crippen LogP contribution < -0.4 is 0 Å². The molecule has 11 heavy (non-hydrogen) atoms. The zero-order valence-corrected chi connectivity index (χ0v) is 8.12. The first kappa shape index (κ1) is 8.72. The quantitative estimate of drug-likeness (QED) is 0.442. The summed E-state index contributed by atoms with van der Waals surface area (Å²) in [4.78, 5) is 0. The number of ether oxygens (including phenoxy) is 1. The maximum Gasteiger partial charge on any atom is 0.160 e. The van der Waals surface area contributed by atoms with E-state index in [-0.39, 0.29) is 6.10 Å². The van der Waals surface area contributed by atoms with Gasteiger partial charge in [-0.3, -0.25) is 0 Å². The Morgan fingerprint density at radius 1 is 1.45 bits per heavy atom. The van der Waals surface area contributed by atoms with Gasteiger partial charge in [-0.05, 0) is 45.0 Å². The average molecular weight is 170 g/mol. The predicted octanol–water partition coefficient (Wildman–Crippen LogP) is 2.85. The monoisotopic (exact) mass is 170 g/mol. The van der Waals surface area contributed by atoms with E-state index in [4.69, 9.17) is 17.0 Å². The highest BCUT2D eigenvalue weighted by atomic mass is 32.1. The van der Waals surface area contributed by atoms with E-state index in [9.17, 15) is 0 Å². The lowest BCUT2D eigenvalue weighted by molar-refractivity contribution is 0.260. The van der Waals surface area contributed by atoms with Crippen molar-refractivity contribution < 1.29 is 4.74 Å². The summed E-state index contributed by atoms with van der Waals surface area (Å²) in [7, 11) is 0. The number of thiocarbonyl (C=S) groups is 1. The Balaban J connectivity index is 2.64. The molecule has 0 aromatic rings. The third-order valence-corrected chi connectivity index (χ3v) is 2.46. The first-order valence-electron chi connectivity index (χ1n) is 3.94. The molecule has 0 aromatic heterocycles. The molecule has 1 aliphatic heterocycles. The third-order valence-electron chi connectivity index (χ3n) is 2.16. The smallest absolute Gasteiger partial charge is 0.160 e. The van der Waals surface area contributed by atoms with Crippen LogP contribution in [-0.2, 0) is 4.74 Å². The molecule has 0 radical (unpaired) electrons. The molecule has 1 nitrogen and oxygen atoms in total. The van der Waals surface area contributed by atoms with E-state index >= 15 is 0 Å². The summed E-state index contributed by atoms with van der Waals surface area (Å²) < 4.78 is 5.46. The topological polar surface area (TPSA) is 9.23 Å². The fourth-order valence-electron chi connectivity index (χ4n) is 1.15. The van der Waals surface area contributed by atoms with E-state index in [1.165, 1.54) is 11.1 Å². The number of hydrogen-bond donors (Lipinski definition) is 0. The average Bonchev–Trinajstić information content (AvgIpc) is 2.34. The van der Waals surface area contributed by atoms with Gasteiger partial charge >= 0.3 is 0 Å². The lowest BCUT2D eigenvalue weighted by atomic mass is 10.0. The molecule has 1 rings (SSSR count). The van der Waals surface area contributed by atoms with Gasteiger partial charge in [0, 0.05) is 6.42 Å². The van der Waals surface area contributed by atoms with Crippen molar-refractivity contribution in [2.75, 3.05) is 0 Å². The Morgan fingerprint density at radius 2 is 2.09 bits per heavy atom. The summed E-state index contributed by atoms with van der Waals surface area (Å²) in [5, 5.41) is 0.774. The zero-order chi connectivity index (χ0) is 8.43. The van der Waals surface area contributed by atoms with Gasteiger partial charge in [0.1, 0.15) is 6.10 Å². The number of allylic oxidation sites excluding steroid dienone is 1. The van der Waals surface area contributed by atoms with Crippen molar-refractivity contribution in [3.8, 4) is 0 Å². The van der Waals surface area contributed by atoms with E-state index in [1.54, 1.807) is 0 Å². The van der Waals surface area contributed by atoms with Crippen LogP contribution in [0.2, 0.25) is 0 Å². The van der Waals surface area contributed by atoms with Gasteiger partial charge in [-0.25, -0.2) is 0 Å². The van der Waals surface area contributed by atoms with Crippen LogP contribution >= 0.6 is 12.2 Å². The van der Waals surface area contributed by atoms with Gasteiger partial charge in [-0.15, -0.1) is 0 Å². The van der Waals surface area contributed by atoms with Crippen LogP contribution in [0.25, 0.3) is 0 Å². The number of rotatable bonds is 1. The van der Waals surface area contributed by atoms with Gasteiger partial charge < -0.3 is 4.74 Å². The van der Waals surface area contributed by atoms with Gasteiger partial charge in [-0.2, -0.15) is 0 Å². The van der Waals surface area contributed by atoms with E-state index in [0.717, 1.165) is 17.9 Å². The molecule has 1 aliphatic rings. The van der Waals surface area contributed by atoms with Gasteiger partial charge in [0.2, 0.25) is 0 Å². The van der Waals surface area contributed by atoms with Crippen LogP contribution in [0.3, 0.4) is 0 Å². The van der Waals surface area contributed by atoms with E-state index in [2.05, 4.69) is 20.8 Å². The van der Waals surface area contributed by atoms with Crippen molar-refractivity contribution >= 4 is 17.3 Å². The normalized spacial score (nSPS) is 23.2. The summed E-state index contributed by atoms with van der Waals surface area (Å²) in [6.07, 6.45) is 2.29. The summed E-state index contributed by atoms with van der Waals surface area (Å²) in [6.45, 7) is 6.34. The lowest BCUT2D eigenvalue weighted by Crippen LogP contribution is -2.08. The van der Waals surface area contributed by atoms with Gasteiger partial charge in [0.15, 0.2) is 5.05 Å². The van der Waals surface area contributed by atoms with Crippen molar-refractivity contribution in [1.82, 2.24) is 0 Å². The highest BCUT2D eigenvalue weighted by molar-refractivity contribution is 7.80. The summed E-state index contributed by atoms with van der Waals surface area (Å²) in [6, 6.07) is 0. The van der Waals surface area contributed by atoms with Gasteiger partial charge in [0.05, 0.1) is 0 Å². The molecule has 0 saturated carbocycles. The maximum absolute atomic E-state index is 5.46. The molecular weight excluding hydrogens is 156 g/mol. The Bertz CT molecular complexity index is 202. The van der Waals surface area contributed by atoms with Crippen LogP contribution in [0.4, 0.5) is 0 Å². The van der Waals surface area contributed by atoms with Crippen molar-refractivity contribution in [3.05, 3.63) is 11.1 Å². The molecule has 0 N–H and O–H groups in total. The molecule has 62 valence electrons. The van der Waals surface area contributed by atoms with Crippen molar-refractivity contribution in [1.29, 1.82) is 0 Å². The zero-order valence-electron chi connectivity index (χ0n) is 7.31. The van der Waals surface area contributed by atoms with Crippen molar-refractivity contribution in [2.45, 2.75) is 39.7 Å². The first-order valence-corrected chi connectivity index (χ1v) is 4.35. The van der Waals surface area contributed by atoms with Crippen LogP contribution in [0, 0.1) is 0 Å². The first-order chi connectivity index (χ1) is 5.11. The van der Waals surface area contributed by atoms with Gasteiger partial charge in [0.25, 0.3) is 0 Å². The molecule has 1 unspecified atom stereocenters. The molecule has 0 spiro atoms. The molecule has 1 atom stereocenters. The molecule has 1 fully saturated rings. The fraction of sp³-hybridized carbons (Fsp3) is 0.667. The Morgan fingerprint density at radius 3 is 2.45 bits per heavy atom. The van der Waals surface area contributed by atoms with Crippen molar-refractivity contribution in [2.24, 2.45) is 0 Å². The molecule has 2 heteroatoms. The molecule has 0 aromatic carbocycles. The molecule has 1 heterocycles. The molecule has 0 bridgehead atoms. The Labute approximate surface area is 73.4 Å². The second kappa shape index (κ2) is 3.35. The SMILES string of the molecule is CC(C)=C(C)C1CCC(=S)O1. The van der Waals surface area contributed by atoms with E-state index < -0.39 is 0 Å². The van der Waals surface area contributed by atoms with Crippen LogP contribution in [-0.4, -0.2) is 11.2 Å². The standard InChI is InChI=1S/C9H14OS/c1-6(2)7(3)8-4-5-9(11)10-8/h8H,4-5H2,1-3H3.